The van der Waals surface area contributed by atoms with Crippen LogP contribution in [-0.2, 0) is 0 Å². The van der Waals surface area contributed by atoms with Gasteiger partial charge in [0, 0.05) is 69.3 Å². The summed E-state index contributed by atoms with van der Waals surface area (Å²) < 4.78 is 34.1. The van der Waals surface area contributed by atoms with Gasteiger partial charge in [0.25, 0.3) is 5.91 Å². The number of halogens is 2. The number of allylic oxidation sites excluding steroid dienone is 1. The first-order valence-corrected chi connectivity index (χ1v) is 15.1. The number of piperazine rings is 1. The maximum atomic E-state index is 14.5. The van der Waals surface area contributed by atoms with Crippen molar-refractivity contribution in [1.29, 1.82) is 5.26 Å². The van der Waals surface area contributed by atoms with Gasteiger partial charge in [0.15, 0.2) is 0 Å². The molecule has 12 heteroatoms. The van der Waals surface area contributed by atoms with E-state index in [1.165, 1.54) is 6.20 Å². The molecule has 2 aromatic heterocycles. The van der Waals surface area contributed by atoms with Gasteiger partial charge in [-0.1, -0.05) is 0 Å². The number of benzene rings is 1. The van der Waals surface area contributed by atoms with Crippen molar-refractivity contribution in [1.82, 2.24) is 25.1 Å². The summed E-state index contributed by atoms with van der Waals surface area (Å²) in [5, 5.41) is 12.7. The van der Waals surface area contributed by atoms with E-state index in [2.05, 4.69) is 38.1 Å². The molecule has 1 aromatic carbocycles. The average Bonchev–Trinajstić information content (AvgIpc) is 3.05. The molecule has 2 saturated heterocycles. The molecule has 45 heavy (non-hydrogen) atoms. The fraction of sp³-hybridized carbons (Fsp3) is 0.394. The number of nitrogens with one attached hydrogen (secondary N) is 1. The molecule has 10 nitrogen and oxygen atoms in total. The number of nitrogens with zero attached hydrogens (tertiary/aromatic N) is 6. The standard InChI is InChI=1S/C33H38F2N8O2/c1-3-45-26-17-27(31(39-21-26)24(18-36)19-37)23-4-7-30(38-20-23)43-10-8-33(9-11-43,22-42-14-12-41(2)13-15-42)40-32(44)28-16-25(34)5-6-29(28)35/h4-7,16-18,20-21H,3,8-15,22,36H2,1-2H3,(H,40,44). The highest BCUT2D eigenvalue weighted by atomic mass is 19.1. The molecule has 0 unspecified atom stereocenters. The van der Waals surface area contributed by atoms with Crippen LogP contribution in [0.3, 0.4) is 0 Å². The van der Waals surface area contributed by atoms with Gasteiger partial charge >= 0.3 is 0 Å². The molecule has 0 saturated carbocycles. The van der Waals surface area contributed by atoms with Crippen molar-refractivity contribution in [3.63, 3.8) is 0 Å². The molecule has 1 amide bonds. The second-order valence-electron chi connectivity index (χ2n) is 11.5. The van der Waals surface area contributed by atoms with Gasteiger partial charge in [0.05, 0.1) is 35.2 Å². The third-order valence-corrected chi connectivity index (χ3v) is 8.49. The number of carbonyl (C=O) groups is 1. The number of likely N-dealkylation sites (N-methyl/N-ethyl adjacent to an activating group) is 1. The van der Waals surface area contributed by atoms with Crippen molar-refractivity contribution >= 4 is 17.3 Å². The zero-order chi connectivity index (χ0) is 32.0. The Bertz CT molecular complexity index is 1570. The number of carbonyl (C=O) groups excluding carboxylic acids is 1. The predicted molar refractivity (Wildman–Crippen MR) is 168 cm³/mol. The highest BCUT2D eigenvalue weighted by Gasteiger charge is 2.39. The van der Waals surface area contributed by atoms with Gasteiger partial charge in [0.2, 0.25) is 0 Å². The number of nitriles is 1. The van der Waals surface area contributed by atoms with Crippen molar-refractivity contribution in [2.75, 3.05) is 64.4 Å². The van der Waals surface area contributed by atoms with Crippen LogP contribution in [0.15, 0.2) is 55.0 Å². The summed E-state index contributed by atoms with van der Waals surface area (Å²) in [5.41, 5.74) is 6.90. The first-order valence-electron chi connectivity index (χ1n) is 15.1. The van der Waals surface area contributed by atoms with E-state index in [0.29, 0.717) is 56.1 Å². The Morgan fingerprint density at radius 1 is 1.09 bits per heavy atom. The van der Waals surface area contributed by atoms with Crippen LogP contribution in [0.1, 0.15) is 35.8 Å². The molecule has 0 bridgehead atoms. The molecular weight excluding hydrogens is 578 g/mol. The third kappa shape index (κ3) is 7.38. The number of pyridine rings is 2. The summed E-state index contributed by atoms with van der Waals surface area (Å²) in [6.07, 6.45) is 5.73. The van der Waals surface area contributed by atoms with Crippen molar-refractivity contribution in [2.45, 2.75) is 25.3 Å². The third-order valence-electron chi connectivity index (χ3n) is 8.49. The van der Waals surface area contributed by atoms with Gasteiger partial charge in [-0.05, 0) is 63.2 Å². The molecule has 0 atom stereocenters. The second-order valence-corrected chi connectivity index (χ2v) is 11.5. The fourth-order valence-corrected chi connectivity index (χ4v) is 5.93. The Labute approximate surface area is 262 Å². The molecule has 4 heterocycles. The predicted octanol–water partition coefficient (Wildman–Crippen LogP) is 3.66. The summed E-state index contributed by atoms with van der Waals surface area (Å²) in [6.45, 7) is 7.75. The monoisotopic (exact) mass is 616 g/mol. The fourth-order valence-electron chi connectivity index (χ4n) is 5.93. The zero-order valence-electron chi connectivity index (χ0n) is 25.6. The Balaban J connectivity index is 1.35. The van der Waals surface area contributed by atoms with Crippen LogP contribution in [0, 0.1) is 23.0 Å². The SMILES string of the molecule is CCOc1cnc(C(C#N)=CN)c(-c2ccc(N3CCC(CN4CCN(C)CC4)(NC(=O)c4cc(F)ccc4F)CC3)nc2)c1. The van der Waals surface area contributed by atoms with Crippen molar-refractivity contribution in [3.8, 4) is 22.9 Å². The first-order chi connectivity index (χ1) is 21.7. The van der Waals surface area contributed by atoms with Crippen LogP contribution in [-0.4, -0.2) is 90.7 Å². The van der Waals surface area contributed by atoms with E-state index in [4.69, 9.17) is 15.5 Å². The summed E-state index contributed by atoms with van der Waals surface area (Å²) in [4.78, 5) is 29.2. The van der Waals surface area contributed by atoms with Crippen LogP contribution < -0.4 is 20.7 Å². The van der Waals surface area contributed by atoms with Crippen LogP contribution in [0.2, 0.25) is 0 Å². The normalized spacial score (nSPS) is 17.5. The lowest BCUT2D eigenvalue weighted by molar-refractivity contribution is 0.0752. The number of rotatable bonds is 9. The van der Waals surface area contributed by atoms with Gasteiger partial charge in [-0.15, -0.1) is 0 Å². The molecule has 3 N–H and O–H groups in total. The lowest BCUT2D eigenvalue weighted by atomic mass is 9.86. The number of ether oxygens (including phenoxy) is 1. The van der Waals surface area contributed by atoms with E-state index >= 15 is 0 Å². The quantitative estimate of drug-likeness (QED) is 0.347. The number of hydrogen-bond acceptors (Lipinski definition) is 9. The Morgan fingerprint density at radius 2 is 1.84 bits per heavy atom. The highest BCUT2D eigenvalue weighted by Crippen LogP contribution is 2.32. The van der Waals surface area contributed by atoms with E-state index in [0.717, 1.165) is 55.8 Å². The molecule has 3 aromatic rings. The number of piperidine rings is 1. The smallest absolute Gasteiger partial charge is 0.254 e. The van der Waals surface area contributed by atoms with E-state index in [9.17, 15) is 18.8 Å². The maximum Gasteiger partial charge on any atom is 0.254 e. The minimum Gasteiger partial charge on any atom is -0.492 e. The van der Waals surface area contributed by atoms with E-state index in [1.807, 2.05) is 25.1 Å². The molecule has 2 aliphatic rings. The van der Waals surface area contributed by atoms with Gasteiger partial charge < -0.3 is 25.6 Å². The van der Waals surface area contributed by atoms with Crippen molar-refractivity contribution in [2.24, 2.45) is 5.73 Å². The van der Waals surface area contributed by atoms with Crippen LogP contribution >= 0.6 is 0 Å². The number of nitrogens with two attached hydrogens (primary N) is 1. The molecular formula is C33H38F2N8O2. The van der Waals surface area contributed by atoms with Gasteiger partial charge in [-0.25, -0.2) is 13.8 Å². The number of anilines is 1. The summed E-state index contributed by atoms with van der Waals surface area (Å²) in [6, 6.07) is 10.7. The van der Waals surface area contributed by atoms with Gasteiger partial charge in [0.1, 0.15) is 29.3 Å². The van der Waals surface area contributed by atoms with Crippen LogP contribution in [0.4, 0.5) is 14.6 Å². The van der Waals surface area contributed by atoms with E-state index < -0.39 is 23.1 Å². The minimum atomic E-state index is -0.751. The topological polar surface area (TPSA) is 124 Å². The van der Waals surface area contributed by atoms with Crippen molar-refractivity contribution in [3.05, 3.63) is 77.9 Å². The molecule has 2 fully saturated rings. The van der Waals surface area contributed by atoms with Crippen LogP contribution in [0.25, 0.3) is 16.7 Å². The van der Waals surface area contributed by atoms with Gasteiger partial charge in [-0.2, -0.15) is 5.26 Å². The molecule has 2 aliphatic heterocycles. The molecule has 0 radical (unpaired) electrons. The summed E-state index contributed by atoms with van der Waals surface area (Å²) in [7, 11) is 2.09. The van der Waals surface area contributed by atoms with E-state index in [-0.39, 0.29) is 11.1 Å². The van der Waals surface area contributed by atoms with E-state index in [1.54, 1.807) is 12.4 Å². The van der Waals surface area contributed by atoms with Crippen molar-refractivity contribution < 1.29 is 18.3 Å². The molecule has 236 valence electrons. The Hall–Kier alpha value is -4.60. The number of amides is 1. The highest BCUT2D eigenvalue weighted by molar-refractivity contribution is 5.95. The summed E-state index contributed by atoms with van der Waals surface area (Å²) in [5.74, 6) is -0.685. The summed E-state index contributed by atoms with van der Waals surface area (Å²) >= 11 is 0. The first kappa shape index (κ1) is 31.8. The average molecular weight is 617 g/mol. The maximum absolute atomic E-state index is 14.5. The molecule has 5 rings (SSSR count). The zero-order valence-corrected chi connectivity index (χ0v) is 25.6. The molecule has 0 spiro atoms. The Morgan fingerprint density at radius 3 is 2.49 bits per heavy atom. The number of aromatic nitrogens is 2. The second kappa shape index (κ2) is 14.0. The Kier molecular flexibility index (Phi) is 9.90. The largest absolute Gasteiger partial charge is 0.492 e. The van der Waals surface area contributed by atoms with Crippen LogP contribution in [0.5, 0.6) is 5.75 Å². The lowest BCUT2D eigenvalue weighted by Gasteiger charge is -2.46. The van der Waals surface area contributed by atoms with Gasteiger partial charge in [-0.3, -0.25) is 14.7 Å². The molecule has 0 aliphatic carbocycles. The minimum absolute atomic E-state index is 0.241. The lowest BCUT2D eigenvalue weighted by Crippen LogP contribution is -2.62. The number of hydrogen-bond donors (Lipinski definition) is 2.